The molecule has 0 amide bonds. The van der Waals surface area contributed by atoms with Gasteiger partial charge in [-0.15, -0.1) is 0 Å². The maximum atomic E-state index is 5.95. The molecule has 6 heteroatoms. The molecule has 0 unspecified atom stereocenters. The highest BCUT2D eigenvalue weighted by Gasteiger charge is 2.29. The third-order valence-corrected chi connectivity index (χ3v) is 4.51. The summed E-state index contributed by atoms with van der Waals surface area (Å²) in [6.07, 6.45) is 3.67. The fourth-order valence-corrected chi connectivity index (χ4v) is 3.48. The number of hydrogen-bond acceptors (Lipinski definition) is 5. The van der Waals surface area contributed by atoms with Crippen LogP contribution in [0.25, 0.3) is 0 Å². The Hall–Kier alpha value is -1.92. The minimum atomic E-state index is 0.331. The molecule has 2 aromatic heterocycles. The summed E-state index contributed by atoms with van der Waals surface area (Å²) in [7, 11) is 3.74. The molecule has 1 aliphatic heterocycles. The molecule has 0 saturated heterocycles. The summed E-state index contributed by atoms with van der Waals surface area (Å²) in [5.41, 5.74) is 3.55. The van der Waals surface area contributed by atoms with Crippen LogP contribution < -0.4 is 4.74 Å². The van der Waals surface area contributed by atoms with Crippen LogP contribution in [0.5, 0.6) is 5.88 Å². The molecule has 0 fully saturated rings. The molecule has 3 heterocycles. The normalized spacial score (nSPS) is 17.7. The van der Waals surface area contributed by atoms with Gasteiger partial charge in [0.25, 0.3) is 0 Å². The van der Waals surface area contributed by atoms with E-state index in [0.29, 0.717) is 17.7 Å². The summed E-state index contributed by atoms with van der Waals surface area (Å²) in [6, 6.07) is 4.03. The minimum Gasteiger partial charge on any atom is -0.481 e. The van der Waals surface area contributed by atoms with Gasteiger partial charge >= 0.3 is 0 Å². The highest BCUT2D eigenvalue weighted by atomic mass is 16.5. The predicted octanol–water partition coefficient (Wildman–Crippen LogP) is 2.60. The second-order valence-corrected chi connectivity index (χ2v) is 7.16. The van der Waals surface area contributed by atoms with Crippen LogP contribution >= 0.6 is 0 Å². The maximum Gasteiger partial charge on any atom is 0.217 e. The fraction of sp³-hybridized carbons (Fsp3) is 0.579. The van der Waals surface area contributed by atoms with Gasteiger partial charge in [-0.1, -0.05) is 19.9 Å². The number of fused-ring (bicyclic) bond motifs is 1. The van der Waals surface area contributed by atoms with Crippen LogP contribution in [0.3, 0.4) is 0 Å². The molecule has 2 aromatic rings. The van der Waals surface area contributed by atoms with Crippen molar-refractivity contribution in [1.82, 2.24) is 19.4 Å². The van der Waals surface area contributed by atoms with E-state index in [1.165, 1.54) is 5.69 Å². The van der Waals surface area contributed by atoms with Crippen LogP contribution in [0.1, 0.15) is 36.7 Å². The van der Waals surface area contributed by atoms with Gasteiger partial charge in [0.05, 0.1) is 25.7 Å². The average molecular weight is 344 g/mol. The lowest BCUT2D eigenvalue weighted by Gasteiger charge is -2.33. The van der Waals surface area contributed by atoms with Gasteiger partial charge < -0.3 is 14.0 Å². The highest BCUT2D eigenvalue weighted by Crippen LogP contribution is 2.29. The van der Waals surface area contributed by atoms with Gasteiger partial charge in [0.1, 0.15) is 0 Å². The number of rotatable bonds is 7. The molecule has 136 valence electrons. The Bertz CT molecular complexity index is 698. The molecule has 3 rings (SSSR count). The van der Waals surface area contributed by atoms with Gasteiger partial charge in [0, 0.05) is 56.7 Å². The number of ether oxygens (including phenoxy) is 2. The van der Waals surface area contributed by atoms with Crippen LogP contribution in [0.4, 0.5) is 0 Å². The van der Waals surface area contributed by atoms with Crippen molar-refractivity contribution in [3.63, 3.8) is 0 Å². The topological polar surface area (TPSA) is 52.4 Å². The number of aromatic nitrogens is 3. The summed E-state index contributed by atoms with van der Waals surface area (Å²) in [4.78, 5) is 11.3. The molecule has 0 bridgehead atoms. The van der Waals surface area contributed by atoms with Gasteiger partial charge in [-0.3, -0.25) is 4.90 Å². The zero-order chi connectivity index (χ0) is 17.8. The zero-order valence-electron chi connectivity index (χ0n) is 15.6. The maximum absolute atomic E-state index is 5.95. The Balaban J connectivity index is 1.74. The van der Waals surface area contributed by atoms with E-state index in [-0.39, 0.29) is 0 Å². The first-order valence-electron chi connectivity index (χ1n) is 8.86. The van der Waals surface area contributed by atoms with Gasteiger partial charge in [0.2, 0.25) is 5.88 Å². The Labute approximate surface area is 149 Å². The number of pyridine rings is 1. The minimum absolute atomic E-state index is 0.331. The number of imidazole rings is 1. The summed E-state index contributed by atoms with van der Waals surface area (Å²) in [5.74, 6) is 1.57. The molecule has 1 atom stereocenters. The molecular weight excluding hydrogens is 316 g/mol. The number of methoxy groups -OCH3 is 1. The van der Waals surface area contributed by atoms with Crippen molar-refractivity contribution in [2.45, 2.75) is 32.9 Å². The average Bonchev–Trinajstić information content (AvgIpc) is 2.96. The second kappa shape index (κ2) is 7.97. The van der Waals surface area contributed by atoms with Crippen molar-refractivity contribution < 1.29 is 9.47 Å². The molecular formula is C19H28N4O2. The lowest BCUT2D eigenvalue weighted by atomic mass is 9.98. The Morgan fingerprint density at radius 3 is 2.92 bits per heavy atom. The molecule has 0 aromatic carbocycles. The SMILES string of the molecule is COc1ncccc1CN1Cc2ncn(C)c2[C@H](COCC(C)C)C1. The van der Waals surface area contributed by atoms with Crippen LogP contribution in [-0.4, -0.2) is 46.3 Å². The molecule has 25 heavy (non-hydrogen) atoms. The van der Waals surface area contributed by atoms with Gasteiger partial charge in [-0.2, -0.15) is 0 Å². The van der Waals surface area contributed by atoms with E-state index in [2.05, 4.69) is 46.4 Å². The molecule has 0 N–H and O–H groups in total. The summed E-state index contributed by atoms with van der Waals surface area (Å²) in [5, 5.41) is 0. The van der Waals surface area contributed by atoms with Crippen LogP contribution in [0, 0.1) is 5.92 Å². The molecule has 0 spiro atoms. The number of nitrogens with zero attached hydrogens (tertiary/aromatic N) is 4. The monoisotopic (exact) mass is 344 g/mol. The van der Waals surface area contributed by atoms with E-state index in [4.69, 9.17) is 9.47 Å². The summed E-state index contributed by atoms with van der Waals surface area (Å²) >= 11 is 0. The number of hydrogen-bond donors (Lipinski definition) is 0. The fourth-order valence-electron chi connectivity index (χ4n) is 3.48. The van der Waals surface area contributed by atoms with E-state index in [1.807, 2.05) is 12.4 Å². The van der Waals surface area contributed by atoms with Crippen molar-refractivity contribution in [2.24, 2.45) is 13.0 Å². The molecule has 1 aliphatic rings. The Morgan fingerprint density at radius 2 is 2.16 bits per heavy atom. The van der Waals surface area contributed by atoms with E-state index in [1.54, 1.807) is 13.3 Å². The third kappa shape index (κ3) is 4.19. The van der Waals surface area contributed by atoms with E-state index >= 15 is 0 Å². The van der Waals surface area contributed by atoms with Crippen molar-refractivity contribution in [3.05, 3.63) is 41.6 Å². The molecule has 0 aliphatic carbocycles. The van der Waals surface area contributed by atoms with Gasteiger partial charge in [0.15, 0.2) is 0 Å². The van der Waals surface area contributed by atoms with Gasteiger partial charge in [-0.05, 0) is 12.0 Å². The Morgan fingerprint density at radius 1 is 1.32 bits per heavy atom. The molecule has 0 saturated carbocycles. The lowest BCUT2D eigenvalue weighted by molar-refractivity contribution is 0.0767. The first-order chi connectivity index (χ1) is 12.1. The smallest absolute Gasteiger partial charge is 0.217 e. The van der Waals surface area contributed by atoms with Crippen molar-refractivity contribution in [3.8, 4) is 5.88 Å². The second-order valence-electron chi connectivity index (χ2n) is 7.16. The van der Waals surface area contributed by atoms with Crippen molar-refractivity contribution in [2.75, 3.05) is 26.9 Å². The predicted molar refractivity (Wildman–Crippen MR) is 96.5 cm³/mol. The van der Waals surface area contributed by atoms with Gasteiger partial charge in [-0.25, -0.2) is 9.97 Å². The van der Waals surface area contributed by atoms with E-state index in [0.717, 1.165) is 44.1 Å². The summed E-state index contributed by atoms with van der Waals surface area (Å²) < 4.78 is 13.5. The lowest BCUT2D eigenvalue weighted by Crippen LogP contribution is -2.36. The largest absolute Gasteiger partial charge is 0.481 e. The first kappa shape index (κ1) is 17.9. The highest BCUT2D eigenvalue weighted by molar-refractivity contribution is 5.27. The van der Waals surface area contributed by atoms with Crippen LogP contribution in [0.15, 0.2) is 24.7 Å². The van der Waals surface area contributed by atoms with E-state index in [9.17, 15) is 0 Å². The molecule has 6 nitrogen and oxygen atoms in total. The van der Waals surface area contributed by atoms with Crippen LogP contribution in [0.2, 0.25) is 0 Å². The summed E-state index contributed by atoms with van der Waals surface area (Å²) in [6.45, 7) is 8.46. The van der Waals surface area contributed by atoms with Crippen molar-refractivity contribution >= 4 is 0 Å². The number of aryl methyl sites for hydroxylation is 1. The van der Waals surface area contributed by atoms with E-state index < -0.39 is 0 Å². The van der Waals surface area contributed by atoms with Crippen LogP contribution in [-0.2, 0) is 24.9 Å². The quantitative estimate of drug-likeness (QED) is 0.773. The van der Waals surface area contributed by atoms with Crippen molar-refractivity contribution in [1.29, 1.82) is 0 Å². The standard InChI is InChI=1S/C19H28N4O2/c1-14(2)11-25-12-16-9-23(10-17-18(16)22(3)13-21-17)8-15-6-5-7-20-19(15)24-4/h5-7,13-14,16H,8-12H2,1-4H3/t16-/m0/s1. The zero-order valence-corrected chi connectivity index (χ0v) is 15.6. The molecule has 0 radical (unpaired) electrons. The Kier molecular flexibility index (Phi) is 5.71. The third-order valence-electron chi connectivity index (χ3n) is 4.51. The first-order valence-corrected chi connectivity index (χ1v) is 8.86.